The zero-order chi connectivity index (χ0) is 13.5. The van der Waals surface area contributed by atoms with Gasteiger partial charge in [0.25, 0.3) is 0 Å². The van der Waals surface area contributed by atoms with E-state index in [1.807, 2.05) is 29.8 Å². The molecule has 2 rings (SSSR count). The Morgan fingerprint density at radius 3 is 2.84 bits per heavy atom. The molecular formula is C14H18BrN3O. The predicted octanol–water partition coefficient (Wildman–Crippen LogP) is 3.47. The summed E-state index contributed by atoms with van der Waals surface area (Å²) in [5.74, 6) is 0.860. The molecule has 1 aromatic carbocycles. The van der Waals surface area contributed by atoms with Crippen LogP contribution in [0.25, 0.3) is 5.69 Å². The van der Waals surface area contributed by atoms with Gasteiger partial charge in [-0.05, 0) is 37.6 Å². The van der Waals surface area contributed by atoms with E-state index in [1.165, 1.54) is 0 Å². The zero-order valence-corrected chi connectivity index (χ0v) is 12.6. The first-order valence-electron chi connectivity index (χ1n) is 6.42. The number of nitrogens with one attached hydrogen (secondary N) is 1. The van der Waals surface area contributed by atoms with Crippen LogP contribution in [0, 0.1) is 0 Å². The highest BCUT2D eigenvalue weighted by Crippen LogP contribution is 2.17. The monoisotopic (exact) mass is 323 g/mol. The second-order valence-corrected chi connectivity index (χ2v) is 4.99. The van der Waals surface area contributed by atoms with Gasteiger partial charge in [0.05, 0.1) is 0 Å². The molecule has 4 nitrogen and oxygen atoms in total. The quantitative estimate of drug-likeness (QED) is 0.793. The average Bonchev–Trinajstić information content (AvgIpc) is 2.88. The molecule has 0 saturated carbocycles. The van der Waals surface area contributed by atoms with Crippen molar-refractivity contribution in [2.24, 2.45) is 0 Å². The molecule has 0 aliphatic rings. The van der Waals surface area contributed by atoms with E-state index in [1.54, 1.807) is 6.20 Å². The van der Waals surface area contributed by atoms with Crippen LogP contribution < -0.4 is 5.32 Å². The number of hydrogen-bond acceptors (Lipinski definition) is 3. The topological polar surface area (TPSA) is 39.1 Å². The van der Waals surface area contributed by atoms with Gasteiger partial charge in [0.1, 0.15) is 0 Å². The third-order valence-corrected chi connectivity index (χ3v) is 3.23. The predicted molar refractivity (Wildman–Crippen MR) is 80.9 cm³/mol. The summed E-state index contributed by atoms with van der Waals surface area (Å²) in [5.41, 5.74) is 1.09. The van der Waals surface area contributed by atoms with Crippen molar-refractivity contribution in [2.75, 3.05) is 25.1 Å². The number of nitrogens with zero attached hydrogens (tertiary/aromatic N) is 2. The molecule has 0 aliphatic heterocycles. The molecule has 2 aromatic rings. The maximum Gasteiger partial charge on any atom is 0.207 e. The van der Waals surface area contributed by atoms with Gasteiger partial charge in [-0.3, -0.25) is 4.57 Å². The van der Waals surface area contributed by atoms with Crippen molar-refractivity contribution in [3.63, 3.8) is 0 Å². The van der Waals surface area contributed by atoms with Crippen LogP contribution in [-0.2, 0) is 4.74 Å². The number of aromatic nitrogens is 2. The summed E-state index contributed by atoms with van der Waals surface area (Å²) in [5, 5.41) is 3.33. The number of anilines is 1. The highest BCUT2D eigenvalue weighted by Gasteiger charge is 2.03. The van der Waals surface area contributed by atoms with Crippen LogP contribution in [0.3, 0.4) is 0 Å². The highest BCUT2D eigenvalue weighted by atomic mass is 79.9. The molecule has 0 amide bonds. The number of hydrogen-bond donors (Lipinski definition) is 1. The van der Waals surface area contributed by atoms with Crippen LogP contribution in [0.5, 0.6) is 0 Å². The summed E-state index contributed by atoms with van der Waals surface area (Å²) in [7, 11) is 0. The fourth-order valence-corrected chi connectivity index (χ4v) is 2.03. The Kier molecular flexibility index (Phi) is 5.42. The Morgan fingerprint density at radius 1 is 1.32 bits per heavy atom. The Morgan fingerprint density at radius 2 is 2.11 bits per heavy atom. The minimum absolute atomic E-state index is 0.771. The van der Waals surface area contributed by atoms with Crippen molar-refractivity contribution in [3.05, 3.63) is 41.1 Å². The van der Waals surface area contributed by atoms with Crippen molar-refractivity contribution in [1.29, 1.82) is 0 Å². The number of ether oxygens (including phenoxy) is 1. The molecule has 5 heteroatoms. The maximum absolute atomic E-state index is 5.31. The van der Waals surface area contributed by atoms with Crippen LogP contribution in [-0.4, -0.2) is 29.3 Å². The van der Waals surface area contributed by atoms with Crippen molar-refractivity contribution < 1.29 is 4.74 Å². The lowest BCUT2D eigenvalue weighted by atomic mass is 10.3. The summed E-state index contributed by atoms with van der Waals surface area (Å²) in [6.07, 6.45) is 4.72. The van der Waals surface area contributed by atoms with E-state index >= 15 is 0 Å². The summed E-state index contributed by atoms with van der Waals surface area (Å²) in [4.78, 5) is 4.33. The van der Waals surface area contributed by atoms with E-state index in [9.17, 15) is 0 Å². The first-order valence-corrected chi connectivity index (χ1v) is 7.21. The SMILES string of the molecule is CCOCCCNc1nccn1-c1ccc(Br)cc1. The summed E-state index contributed by atoms with van der Waals surface area (Å²) >= 11 is 3.44. The smallest absolute Gasteiger partial charge is 0.207 e. The molecule has 0 saturated heterocycles. The minimum atomic E-state index is 0.771. The molecule has 0 radical (unpaired) electrons. The fraction of sp³-hybridized carbons (Fsp3) is 0.357. The molecule has 1 aromatic heterocycles. The molecule has 0 atom stereocenters. The maximum atomic E-state index is 5.31. The van der Waals surface area contributed by atoms with Gasteiger partial charge < -0.3 is 10.1 Å². The van der Waals surface area contributed by atoms with Crippen LogP contribution in [0.1, 0.15) is 13.3 Å². The molecule has 19 heavy (non-hydrogen) atoms. The van der Waals surface area contributed by atoms with Gasteiger partial charge in [-0.15, -0.1) is 0 Å². The van der Waals surface area contributed by atoms with E-state index in [-0.39, 0.29) is 0 Å². The molecular weight excluding hydrogens is 306 g/mol. The van der Waals surface area contributed by atoms with Crippen molar-refractivity contribution >= 4 is 21.9 Å². The van der Waals surface area contributed by atoms with E-state index in [2.05, 4.69) is 38.4 Å². The lowest BCUT2D eigenvalue weighted by Gasteiger charge is -2.10. The normalized spacial score (nSPS) is 10.6. The summed E-state index contributed by atoms with van der Waals surface area (Å²) < 4.78 is 8.42. The number of imidazole rings is 1. The van der Waals surface area contributed by atoms with Gasteiger partial charge >= 0.3 is 0 Å². The Hall–Kier alpha value is -1.33. The zero-order valence-electron chi connectivity index (χ0n) is 11.0. The number of rotatable bonds is 7. The van der Waals surface area contributed by atoms with Gasteiger partial charge in [-0.25, -0.2) is 4.98 Å². The highest BCUT2D eigenvalue weighted by molar-refractivity contribution is 9.10. The molecule has 1 N–H and O–H groups in total. The molecule has 1 heterocycles. The van der Waals surface area contributed by atoms with Crippen molar-refractivity contribution in [2.45, 2.75) is 13.3 Å². The van der Waals surface area contributed by atoms with E-state index in [0.29, 0.717) is 0 Å². The van der Waals surface area contributed by atoms with Gasteiger partial charge in [0, 0.05) is 42.3 Å². The lowest BCUT2D eigenvalue weighted by Crippen LogP contribution is -2.09. The Labute approximate surface area is 121 Å². The van der Waals surface area contributed by atoms with Gasteiger partial charge in [0.15, 0.2) is 0 Å². The van der Waals surface area contributed by atoms with E-state index < -0.39 is 0 Å². The molecule has 0 unspecified atom stereocenters. The molecule has 0 spiro atoms. The summed E-state index contributed by atoms with van der Waals surface area (Å²) in [6, 6.07) is 8.15. The fourth-order valence-electron chi connectivity index (χ4n) is 1.76. The molecule has 0 fully saturated rings. The van der Waals surface area contributed by atoms with Crippen molar-refractivity contribution in [1.82, 2.24) is 9.55 Å². The number of benzene rings is 1. The largest absolute Gasteiger partial charge is 0.382 e. The lowest BCUT2D eigenvalue weighted by molar-refractivity contribution is 0.147. The molecule has 0 bridgehead atoms. The first kappa shape index (κ1) is 14.1. The number of halogens is 1. The second-order valence-electron chi connectivity index (χ2n) is 4.07. The van der Waals surface area contributed by atoms with Crippen LogP contribution in [0.4, 0.5) is 5.95 Å². The third kappa shape index (κ3) is 4.08. The Bertz CT molecular complexity index is 496. The van der Waals surface area contributed by atoms with Crippen LogP contribution in [0.2, 0.25) is 0 Å². The van der Waals surface area contributed by atoms with Crippen LogP contribution in [0.15, 0.2) is 41.1 Å². The second kappa shape index (κ2) is 7.31. The van der Waals surface area contributed by atoms with Crippen LogP contribution >= 0.6 is 15.9 Å². The molecule has 0 aliphatic carbocycles. The van der Waals surface area contributed by atoms with Crippen molar-refractivity contribution in [3.8, 4) is 5.69 Å². The standard InChI is InChI=1S/C14H18BrN3O/c1-2-19-11-3-8-16-14-17-9-10-18(14)13-6-4-12(15)5-7-13/h4-7,9-10H,2-3,8,11H2,1H3,(H,16,17). The third-order valence-electron chi connectivity index (χ3n) is 2.70. The first-order chi connectivity index (χ1) is 9.31. The average molecular weight is 324 g/mol. The van der Waals surface area contributed by atoms with Gasteiger partial charge in [0.2, 0.25) is 5.95 Å². The van der Waals surface area contributed by atoms with E-state index in [0.717, 1.165) is 42.3 Å². The van der Waals surface area contributed by atoms with E-state index in [4.69, 9.17) is 4.74 Å². The summed E-state index contributed by atoms with van der Waals surface area (Å²) in [6.45, 7) is 4.41. The van der Waals surface area contributed by atoms with Gasteiger partial charge in [-0.2, -0.15) is 0 Å². The Balaban J connectivity index is 1.96. The minimum Gasteiger partial charge on any atom is -0.382 e. The molecule has 102 valence electrons. The van der Waals surface area contributed by atoms with Gasteiger partial charge in [-0.1, -0.05) is 15.9 Å².